The fourth-order valence-corrected chi connectivity index (χ4v) is 2.17. The fraction of sp³-hybridized carbons (Fsp3) is 0.615. The number of nitrogens with zero attached hydrogens (tertiary/aromatic N) is 1. The van der Waals surface area contributed by atoms with Crippen LogP contribution in [0.3, 0.4) is 0 Å². The lowest BCUT2D eigenvalue weighted by Gasteiger charge is -2.25. The number of rotatable bonds is 4. The second-order valence-electron chi connectivity index (χ2n) is 4.56. The second kappa shape index (κ2) is 5.97. The largest absolute Gasteiger partial charge is 0.313 e. The first kappa shape index (κ1) is 11.6. The van der Waals surface area contributed by atoms with Crippen LogP contribution in [-0.2, 0) is 0 Å². The predicted molar refractivity (Wildman–Crippen MR) is 66.3 cm³/mol. The number of hydrogen-bond acceptors (Lipinski definition) is 3. The minimum absolute atomic E-state index is 0.387. The van der Waals surface area contributed by atoms with Crippen LogP contribution in [0.5, 0.6) is 0 Å². The summed E-state index contributed by atoms with van der Waals surface area (Å²) in [5.74, 6) is 0. The van der Waals surface area contributed by atoms with Crippen molar-refractivity contribution >= 4 is 0 Å². The van der Waals surface area contributed by atoms with Crippen LogP contribution in [0, 0.1) is 0 Å². The molecule has 2 atom stereocenters. The quantitative estimate of drug-likeness (QED) is 0.812. The van der Waals surface area contributed by atoms with Gasteiger partial charge in [0.05, 0.1) is 0 Å². The number of nitrogens with one attached hydrogen (secondary N) is 2. The molecule has 1 aliphatic heterocycles. The number of hydrogen-bond donors (Lipinski definition) is 2. The van der Waals surface area contributed by atoms with Gasteiger partial charge in [0.2, 0.25) is 0 Å². The maximum atomic E-state index is 4.14. The number of piperidine rings is 1. The molecule has 1 aromatic rings. The summed E-state index contributed by atoms with van der Waals surface area (Å²) < 4.78 is 0. The van der Waals surface area contributed by atoms with Gasteiger partial charge < -0.3 is 10.6 Å². The molecule has 2 N–H and O–H groups in total. The molecule has 1 aliphatic rings. The van der Waals surface area contributed by atoms with Crippen molar-refractivity contribution in [2.24, 2.45) is 0 Å². The van der Waals surface area contributed by atoms with Gasteiger partial charge in [-0.1, -0.05) is 12.5 Å². The summed E-state index contributed by atoms with van der Waals surface area (Å²) in [6, 6.07) is 5.15. The topological polar surface area (TPSA) is 37.0 Å². The molecular weight excluding hydrogens is 198 g/mol. The Balaban J connectivity index is 1.77. The van der Waals surface area contributed by atoms with Crippen molar-refractivity contribution in [3.05, 3.63) is 30.1 Å². The van der Waals surface area contributed by atoms with Gasteiger partial charge in [-0.05, 0) is 37.9 Å². The monoisotopic (exact) mass is 219 g/mol. The van der Waals surface area contributed by atoms with Crippen molar-refractivity contribution in [1.82, 2.24) is 15.6 Å². The van der Waals surface area contributed by atoms with Crippen LogP contribution in [0.1, 0.15) is 37.8 Å². The molecule has 3 nitrogen and oxygen atoms in total. The zero-order chi connectivity index (χ0) is 11.2. The molecule has 0 amide bonds. The highest BCUT2D eigenvalue weighted by molar-refractivity contribution is 5.12. The molecule has 2 heterocycles. The molecular formula is C13H21N3. The van der Waals surface area contributed by atoms with Crippen molar-refractivity contribution < 1.29 is 0 Å². The molecule has 2 rings (SSSR count). The van der Waals surface area contributed by atoms with Crippen LogP contribution in [0.2, 0.25) is 0 Å². The summed E-state index contributed by atoms with van der Waals surface area (Å²) in [5.41, 5.74) is 1.26. The van der Waals surface area contributed by atoms with Crippen molar-refractivity contribution in [3.8, 4) is 0 Å². The minimum Gasteiger partial charge on any atom is -0.313 e. The standard InChI is InChI=1S/C13H21N3/c1-11(12-5-4-7-14-9-12)16-10-13-6-2-3-8-15-13/h4-5,7,9,11,13,15-16H,2-3,6,8,10H2,1H3/t11-,13?/m0/s1. The van der Waals surface area contributed by atoms with Gasteiger partial charge in [0.25, 0.3) is 0 Å². The Labute approximate surface area is 97.7 Å². The van der Waals surface area contributed by atoms with Crippen LogP contribution in [0.15, 0.2) is 24.5 Å². The van der Waals surface area contributed by atoms with Gasteiger partial charge in [-0.3, -0.25) is 4.98 Å². The molecule has 1 unspecified atom stereocenters. The zero-order valence-electron chi connectivity index (χ0n) is 9.95. The molecule has 16 heavy (non-hydrogen) atoms. The van der Waals surface area contributed by atoms with E-state index in [0.29, 0.717) is 12.1 Å². The smallest absolute Gasteiger partial charge is 0.0315 e. The molecule has 0 radical (unpaired) electrons. The third-order valence-corrected chi connectivity index (χ3v) is 3.27. The van der Waals surface area contributed by atoms with E-state index in [1.54, 1.807) is 0 Å². The highest BCUT2D eigenvalue weighted by atomic mass is 15.0. The van der Waals surface area contributed by atoms with Gasteiger partial charge in [-0.25, -0.2) is 0 Å². The average Bonchev–Trinajstić information content (AvgIpc) is 2.38. The Morgan fingerprint density at radius 2 is 2.50 bits per heavy atom. The maximum absolute atomic E-state index is 4.14. The van der Waals surface area contributed by atoms with Gasteiger partial charge in [-0.15, -0.1) is 0 Å². The predicted octanol–water partition coefficient (Wildman–Crippen LogP) is 1.87. The van der Waals surface area contributed by atoms with Crippen molar-refractivity contribution in [2.45, 2.75) is 38.3 Å². The normalized spacial score (nSPS) is 22.9. The third kappa shape index (κ3) is 3.29. The van der Waals surface area contributed by atoms with E-state index in [2.05, 4.69) is 28.6 Å². The zero-order valence-corrected chi connectivity index (χ0v) is 9.95. The lowest BCUT2D eigenvalue weighted by molar-refractivity contribution is 0.371. The number of aromatic nitrogens is 1. The lowest BCUT2D eigenvalue weighted by Crippen LogP contribution is -2.42. The van der Waals surface area contributed by atoms with Gasteiger partial charge in [0.1, 0.15) is 0 Å². The number of pyridine rings is 1. The SMILES string of the molecule is C[C@H](NCC1CCCCN1)c1cccnc1. The molecule has 0 aromatic carbocycles. The molecule has 1 saturated heterocycles. The van der Waals surface area contributed by atoms with Crippen molar-refractivity contribution in [2.75, 3.05) is 13.1 Å². The van der Waals surface area contributed by atoms with Gasteiger partial charge in [0, 0.05) is 31.0 Å². The summed E-state index contributed by atoms with van der Waals surface area (Å²) in [4.78, 5) is 4.14. The first-order chi connectivity index (χ1) is 7.86. The summed E-state index contributed by atoms with van der Waals surface area (Å²) in [6.45, 7) is 4.42. The summed E-state index contributed by atoms with van der Waals surface area (Å²) in [5, 5.41) is 7.11. The van der Waals surface area contributed by atoms with E-state index in [0.717, 1.165) is 6.54 Å². The Hall–Kier alpha value is -0.930. The van der Waals surface area contributed by atoms with Crippen molar-refractivity contribution in [1.29, 1.82) is 0 Å². The van der Waals surface area contributed by atoms with Crippen LogP contribution in [0.25, 0.3) is 0 Å². The van der Waals surface area contributed by atoms with E-state index in [1.165, 1.54) is 31.4 Å². The average molecular weight is 219 g/mol. The van der Waals surface area contributed by atoms with Gasteiger partial charge in [-0.2, -0.15) is 0 Å². The molecule has 88 valence electrons. The Morgan fingerprint density at radius 3 is 3.19 bits per heavy atom. The van der Waals surface area contributed by atoms with E-state index in [4.69, 9.17) is 0 Å². The van der Waals surface area contributed by atoms with Crippen LogP contribution < -0.4 is 10.6 Å². The Kier molecular flexibility index (Phi) is 4.31. The molecule has 0 bridgehead atoms. The van der Waals surface area contributed by atoms with Gasteiger partial charge in [0.15, 0.2) is 0 Å². The van der Waals surface area contributed by atoms with Crippen LogP contribution in [0.4, 0.5) is 0 Å². The molecule has 0 spiro atoms. The fourth-order valence-electron chi connectivity index (χ4n) is 2.17. The van der Waals surface area contributed by atoms with Crippen LogP contribution >= 0.6 is 0 Å². The highest BCUT2D eigenvalue weighted by Gasteiger charge is 2.13. The maximum Gasteiger partial charge on any atom is 0.0315 e. The molecule has 0 aliphatic carbocycles. The minimum atomic E-state index is 0.387. The highest BCUT2D eigenvalue weighted by Crippen LogP contribution is 2.11. The van der Waals surface area contributed by atoms with E-state index >= 15 is 0 Å². The van der Waals surface area contributed by atoms with Gasteiger partial charge >= 0.3 is 0 Å². The second-order valence-corrected chi connectivity index (χ2v) is 4.56. The third-order valence-electron chi connectivity index (χ3n) is 3.27. The molecule has 1 fully saturated rings. The lowest BCUT2D eigenvalue weighted by atomic mass is 10.0. The summed E-state index contributed by atoms with van der Waals surface area (Å²) in [7, 11) is 0. The molecule has 3 heteroatoms. The Morgan fingerprint density at radius 1 is 1.56 bits per heavy atom. The molecule has 1 aromatic heterocycles. The van der Waals surface area contributed by atoms with Crippen LogP contribution in [-0.4, -0.2) is 24.1 Å². The summed E-state index contributed by atoms with van der Waals surface area (Å²) in [6.07, 6.45) is 7.74. The summed E-state index contributed by atoms with van der Waals surface area (Å²) >= 11 is 0. The van der Waals surface area contributed by atoms with E-state index in [-0.39, 0.29) is 0 Å². The Bertz CT molecular complexity index is 293. The molecule has 0 saturated carbocycles. The van der Waals surface area contributed by atoms with E-state index in [9.17, 15) is 0 Å². The van der Waals surface area contributed by atoms with E-state index in [1.807, 2.05) is 18.5 Å². The van der Waals surface area contributed by atoms with Crippen molar-refractivity contribution in [3.63, 3.8) is 0 Å². The first-order valence-electron chi connectivity index (χ1n) is 6.23. The first-order valence-corrected chi connectivity index (χ1v) is 6.23. The van der Waals surface area contributed by atoms with E-state index < -0.39 is 0 Å².